The third kappa shape index (κ3) is 2.85. The molecule has 1 amide bonds. The molecule has 0 atom stereocenters. The van der Waals surface area contributed by atoms with Crippen LogP contribution in [0.15, 0.2) is 16.7 Å². The number of pyridine rings is 1. The molecule has 19 heavy (non-hydrogen) atoms. The average Bonchev–Trinajstić information content (AvgIpc) is 2.70. The van der Waals surface area contributed by atoms with Gasteiger partial charge in [0, 0.05) is 18.2 Å². The number of nitrogens with zero attached hydrogens (tertiary/aromatic N) is 2. The summed E-state index contributed by atoms with van der Waals surface area (Å²) in [4.78, 5) is 16.1. The maximum atomic E-state index is 12.1. The molecule has 0 aliphatic heterocycles. The number of rotatable bonds is 3. The summed E-state index contributed by atoms with van der Waals surface area (Å²) in [5, 5.41) is 9.49. The lowest BCUT2D eigenvalue weighted by Gasteiger charge is -2.05. The van der Waals surface area contributed by atoms with Crippen LogP contribution in [0.5, 0.6) is 0 Å². The van der Waals surface area contributed by atoms with Gasteiger partial charge in [0.15, 0.2) is 0 Å². The van der Waals surface area contributed by atoms with Crippen LogP contribution in [-0.2, 0) is 0 Å². The maximum absolute atomic E-state index is 12.1. The fourth-order valence-corrected chi connectivity index (χ4v) is 1.67. The third-order valence-electron chi connectivity index (χ3n) is 2.70. The van der Waals surface area contributed by atoms with Crippen molar-refractivity contribution in [1.82, 2.24) is 10.1 Å². The van der Waals surface area contributed by atoms with Crippen molar-refractivity contribution < 1.29 is 9.32 Å². The first-order chi connectivity index (χ1) is 9.01. The molecule has 0 saturated heterocycles. The Hall–Kier alpha value is -2.08. The molecule has 2 heterocycles. The number of nitrogens with one attached hydrogen (secondary N) is 2. The van der Waals surface area contributed by atoms with Crippen molar-refractivity contribution in [3.8, 4) is 0 Å². The summed E-state index contributed by atoms with van der Waals surface area (Å²) in [6.07, 6.45) is 0. The zero-order chi connectivity index (χ0) is 14.0. The lowest BCUT2D eigenvalue weighted by Crippen LogP contribution is -2.13. The number of aryl methyl sites for hydroxylation is 1. The van der Waals surface area contributed by atoms with Crippen LogP contribution in [0.3, 0.4) is 0 Å². The number of carbonyl (C=O) groups excluding carboxylic acids is 1. The minimum Gasteiger partial charge on any atom is -0.373 e. The molecule has 0 aromatic carbocycles. The van der Waals surface area contributed by atoms with E-state index in [0.29, 0.717) is 17.3 Å². The monoisotopic (exact) mass is 280 g/mol. The van der Waals surface area contributed by atoms with Crippen molar-refractivity contribution in [2.75, 3.05) is 17.7 Å². The number of halogens is 1. The summed E-state index contributed by atoms with van der Waals surface area (Å²) in [7, 11) is 1.70. The SMILES string of the molecule is CNc1cc(C(=O)Nc2onc(C)c2C)cc(Cl)n1. The summed E-state index contributed by atoms with van der Waals surface area (Å²) in [6, 6.07) is 3.08. The van der Waals surface area contributed by atoms with Gasteiger partial charge < -0.3 is 9.84 Å². The predicted octanol–water partition coefficient (Wildman–Crippen LogP) is 2.63. The Kier molecular flexibility index (Phi) is 3.71. The number of hydrogen-bond acceptors (Lipinski definition) is 5. The highest BCUT2D eigenvalue weighted by atomic mass is 35.5. The number of carbonyl (C=O) groups is 1. The van der Waals surface area contributed by atoms with Crippen LogP contribution in [0.2, 0.25) is 5.15 Å². The number of aromatic nitrogens is 2. The molecule has 0 fully saturated rings. The lowest BCUT2D eigenvalue weighted by atomic mass is 10.2. The van der Waals surface area contributed by atoms with E-state index in [2.05, 4.69) is 20.8 Å². The van der Waals surface area contributed by atoms with Crippen LogP contribution in [0.4, 0.5) is 11.7 Å². The van der Waals surface area contributed by atoms with Gasteiger partial charge in [0.25, 0.3) is 5.91 Å². The van der Waals surface area contributed by atoms with Crippen molar-refractivity contribution in [2.24, 2.45) is 0 Å². The smallest absolute Gasteiger partial charge is 0.258 e. The van der Waals surface area contributed by atoms with Gasteiger partial charge in [-0.2, -0.15) is 0 Å². The van der Waals surface area contributed by atoms with Crippen molar-refractivity contribution in [2.45, 2.75) is 13.8 Å². The first-order valence-electron chi connectivity index (χ1n) is 5.61. The fraction of sp³-hybridized carbons (Fsp3) is 0.250. The fourth-order valence-electron chi connectivity index (χ4n) is 1.46. The van der Waals surface area contributed by atoms with E-state index >= 15 is 0 Å². The molecule has 6 nitrogen and oxygen atoms in total. The second kappa shape index (κ2) is 5.27. The van der Waals surface area contributed by atoms with Crippen LogP contribution >= 0.6 is 11.6 Å². The van der Waals surface area contributed by atoms with Gasteiger partial charge in [-0.3, -0.25) is 10.1 Å². The van der Waals surface area contributed by atoms with E-state index in [0.717, 1.165) is 11.3 Å². The van der Waals surface area contributed by atoms with E-state index in [4.69, 9.17) is 16.1 Å². The number of anilines is 2. The minimum absolute atomic E-state index is 0.238. The van der Waals surface area contributed by atoms with Gasteiger partial charge in [-0.25, -0.2) is 4.98 Å². The molecule has 2 N–H and O–H groups in total. The van der Waals surface area contributed by atoms with Crippen molar-refractivity contribution >= 4 is 29.2 Å². The Labute approximate surface area is 115 Å². The molecule has 0 bridgehead atoms. The molecule has 0 radical (unpaired) electrons. The molecule has 0 aliphatic carbocycles. The zero-order valence-corrected chi connectivity index (χ0v) is 11.5. The van der Waals surface area contributed by atoms with E-state index in [1.165, 1.54) is 6.07 Å². The number of amides is 1. The Morgan fingerprint density at radius 3 is 2.68 bits per heavy atom. The third-order valence-corrected chi connectivity index (χ3v) is 2.89. The largest absolute Gasteiger partial charge is 0.373 e. The van der Waals surface area contributed by atoms with Crippen LogP contribution < -0.4 is 10.6 Å². The van der Waals surface area contributed by atoms with Gasteiger partial charge in [-0.15, -0.1) is 0 Å². The van der Waals surface area contributed by atoms with Gasteiger partial charge in [0.05, 0.1) is 5.69 Å². The summed E-state index contributed by atoms with van der Waals surface area (Å²) in [5.41, 5.74) is 1.92. The Morgan fingerprint density at radius 1 is 1.37 bits per heavy atom. The first kappa shape index (κ1) is 13.4. The molecule has 2 rings (SSSR count). The zero-order valence-electron chi connectivity index (χ0n) is 10.7. The molecule has 2 aromatic rings. The minimum atomic E-state index is -0.333. The predicted molar refractivity (Wildman–Crippen MR) is 72.7 cm³/mol. The Bertz CT molecular complexity index is 624. The summed E-state index contributed by atoms with van der Waals surface area (Å²) >= 11 is 5.84. The highest BCUT2D eigenvalue weighted by Crippen LogP contribution is 2.20. The quantitative estimate of drug-likeness (QED) is 0.845. The molecular weight excluding hydrogens is 268 g/mol. The summed E-state index contributed by atoms with van der Waals surface area (Å²) < 4.78 is 5.03. The average molecular weight is 281 g/mol. The highest BCUT2D eigenvalue weighted by molar-refractivity contribution is 6.30. The van der Waals surface area contributed by atoms with Crippen molar-refractivity contribution in [1.29, 1.82) is 0 Å². The molecule has 2 aromatic heterocycles. The van der Waals surface area contributed by atoms with Gasteiger partial charge in [0.2, 0.25) is 5.88 Å². The summed E-state index contributed by atoms with van der Waals surface area (Å²) in [5.74, 6) is 0.518. The molecule has 0 saturated carbocycles. The molecule has 100 valence electrons. The van der Waals surface area contributed by atoms with Crippen molar-refractivity contribution in [3.05, 3.63) is 34.1 Å². The Balaban J connectivity index is 2.25. The second-order valence-electron chi connectivity index (χ2n) is 3.99. The molecule has 0 unspecified atom stereocenters. The van der Waals surface area contributed by atoms with Gasteiger partial charge >= 0.3 is 0 Å². The molecule has 7 heteroatoms. The van der Waals surface area contributed by atoms with E-state index in [9.17, 15) is 4.79 Å². The van der Waals surface area contributed by atoms with Crippen molar-refractivity contribution in [3.63, 3.8) is 0 Å². The second-order valence-corrected chi connectivity index (χ2v) is 4.38. The first-order valence-corrected chi connectivity index (χ1v) is 5.98. The van der Waals surface area contributed by atoms with Crippen LogP contribution in [-0.4, -0.2) is 23.1 Å². The van der Waals surface area contributed by atoms with Crippen LogP contribution in [0.25, 0.3) is 0 Å². The van der Waals surface area contributed by atoms with E-state index in [-0.39, 0.29) is 11.1 Å². The van der Waals surface area contributed by atoms with Crippen LogP contribution in [0.1, 0.15) is 21.6 Å². The standard InChI is InChI=1S/C12H13ClN4O2/c1-6-7(2)17-19-12(6)16-11(18)8-4-9(13)15-10(5-8)14-3/h4-5H,1-3H3,(H,14,15)(H,16,18). The van der Waals surface area contributed by atoms with E-state index in [1.807, 2.05) is 6.92 Å². The number of hydrogen-bond donors (Lipinski definition) is 2. The van der Waals surface area contributed by atoms with Gasteiger partial charge in [-0.05, 0) is 26.0 Å². The van der Waals surface area contributed by atoms with Crippen LogP contribution in [0, 0.1) is 13.8 Å². The molecule has 0 spiro atoms. The maximum Gasteiger partial charge on any atom is 0.258 e. The van der Waals surface area contributed by atoms with Gasteiger partial charge in [0.1, 0.15) is 11.0 Å². The highest BCUT2D eigenvalue weighted by Gasteiger charge is 2.14. The normalized spacial score (nSPS) is 10.3. The molecular formula is C12H13ClN4O2. The van der Waals surface area contributed by atoms with E-state index < -0.39 is 0 Å². The Morgan fingerprint density at radius 2 is 2.11 bits per heavy atom. The molecule has 0 aliphatic rings. The lowest BCUT2D eigenvalue weighted by molar-refractivity contribution is 0.102. The van der Waals surface area contributed by atoms with Gasteiger partial charge in [-0.1, -0.05) is 16.8 Å². The van der Waals surface area contributed by atoms with E-state index in [1.54, 1.807) is 20.0 Å². The summed E-state index contributed by atoms with van der Waals surface area (Å²) in [6.45, 7) is 3.62. The topological polar surface area (TPSA) is 80.0 Å².